The summed E-state index contributed by atoms with van der Waals surface area (Å²) in [6, 6.07) is 5.87. The molecule has 1 aromatic rings. The standard InChI is InChI=1S/C11H11NO.C2H6/c1-7-2-3-8-5-9(12)6-11(13)10(8)4-7;1-2/h2-4,12H,5-6H2,1H3;1-2H3. The summed E-state index contributed by atoms with van der Waals surface area (Å²) in [4.78, 5) is 11.5. The van der Waals surface area contributed by atoms with E-state index in [9.17, 15) is 4.79 Å². The van der Waals surface area contributed by atoms with Crippen molar-refractivity contribution in [3.8, 4) is 0 Å². The van der Waals surface area contributed by atoms with Crippen LogP contribution in [0.5, 0.6) is 0 Å². The number of benzene rings is 1. The van der Waals surface area contributed by atoms with Gasteiger partial charge < -0.3 is 5.41 Å². The molecule has 80 valence electrons. The smallest absolute Gasteiger partial charge is 0.168 e. The number of carbonyl (C=O) groups excluding carboxylic acids is 1. The molecule has 0 heterocycles. The van der Waals surface area contributed by atoms with Crippen LogP contribution in [0, 0.1) is 12.3 Å². The zero-order valence-electron chi connectivity index (χ0n) is 9.55. The van der Waals surface area contributed by atoms with Crippen LogP contribution in [0.4, 0.5) is 0 Å². The zero-order chi connectivity index (χ0) is 11.4. The van der Waals surface area contributed by atoms with E-state index in [1.807, 2.05) is 39.0 Å². The van der Waals surface area contributed by atoms with Crippen molar-refractivity contribution < 1.29 is 4.79 Å². The molecule has 1 aromatic carbocycles. The number of Topliss-reactive ketones (excluding diaryl/α,β-unsaturated/α-hetero) is 1. The lowest BCUT2D eigenvalue weighted by atomic mass is 9.88. The SMILES string of the molecule is CC.Cc1ccc2c(c1)C(=O)CC(=N)C2. The Kier molecular flexibility index (Phi) is 3.78. The van der Waals surface area contributed by atoms with Gasteiger partial charge in [0.25, 0.3) is 0 Å². The molecule has 1 aliphatic rings. The van der Waals surface area contributed by atoms with E-state index < -0.39 is 0 Å². The first-order valence-corrected chi connectivity index (χ1v) is 5.36. The summed E-state index contributed by atoms with van der Waals surface area (Å²) in [6.07, 6.45) is 0.942. The van der Waals surface area contributed by atoms with Crippen molar-refractivity contribution in [3.05, 3.63) is 34.9 Å². The van der Waals surface area contributed by atoms with Crippen LogP contribution in [0.25, 0.3) is 0 Å². The highest BCUT2D eigenvalue weighted by atomic mass is 16.1. The third-order valence-electron chi connectivity index (χ3n) is 2.34. The fraction of sp³-hybridized carbons (Fsp3) is 0.385. The molecule has 0 atom stereocenters. The van der Waals surface area contributed by atoms with E-state index >= 15 is 0 Å². The molecule has 0 bridgehead atoms. The summed E-state index contributed by atoms with van der Waals surface area (Å²) in [7, 11) is 0. The van der Waals surface area contributed by atoms with Gasteiger partial charge in [-0.15, -0.1) is 0 Å². The van der Waals surface area contributed by atoms with Gasteiger partial charge in [0, 0.05) is 24.1 Å². The van der Waals surface area contributed by atoms with E-state index in [1.165, 1.54) is 0 Å². The highest BCUT2D eigenvalue weighted by Crippen LogP contribution is 2.20. The largest absolute Gasteiger partial charge is 0.309 e. The molecule has 0 spiro atoms. The molecule has 0 saturated carbocycles. The van der Waals surface area contributed by atoms with Gasteiger partial charge in [0.05, 0.1) is 0 Å². The van der Waals surface area contributed by atoms with Gasteiger partial charge in [0.2, 0.25) is 0 Å². The Labute approximate surface area is 90.8 Å². The van der Waals surface area contributed by atoms with Gasteiger partial charge in [-0.3, -0.25) is 4.79 Å². The van der Waals surface area contributed by atoms with Crippen LogP contribution in [0.1, 0.15) is 41.8 Å². The predicted octanol–water partition coefficient (Wildman–Crippen LogP) is 3.17. The number of aryl methyl sites for hydroxylation is 1. The molecule has 0 fully saturated rings. The number of hydrogen-bond donors (Lipinski definition) is 1. The minimum Gasteiger partial charge on any atom is -0.309 e. The summed E-state index contributed by atoms with van der Waals surface area (Å²) in [6.45, 7) is 5.98. The summed E-state index contributed by atoms with van der Waals surface area (Å²) >= 11 is 0. The molecule has 2 heteroatoms. The number of nitrogens with one attached hydrogen (secondary N) is 1. The minimum atomic E-state index is 0.0925. The van der Waals surface area contributed by atoms with Crippen molar-refractivity contribution in [2.45, 2.75) is 33.6 Å². The fourth-order valence-electron chi connectivity index (χ4n) is 1.69. The number of fused-ring (bicyclic) bond motifs is 1. The second-order valence-electron chi connectivity index (χ2n) is 3.54. The average molecular weight is 203 g/mol. The Morgan fingerprint density at radius 1 is 1.20 bits per heavy atom. The van der Waals surface area contributed by atoms with Crippen molar-refractivity contribution >= 4 is 11.5 Å². The predicted molar refractivity (Wildman–Crippen MR) is 62.9 cm³/mol. The Balaban J connectivity index is 0.000000531. The van der Waals surface area contributed by atoms with Crippen molar-refractivity contribution in [2.75, 3.05) is 0 Å². The highest BCUT2D eigenvalue weighted by Gasteiger charge is 2.19. The summed E-state index contributed by atoms with van der Waals surface area (Å²) in [5.41, 5.74) is 3.46. The quantitative estimate of drug-likeness (QED) is 0.691. The van der Waals surface area contributed by atoms with Crippen molar-refractivity contribution in [2.24, 2.45) is 0 Å². The minimum absolute atomic E-state index is 0.0925. The molecule has 2 nitrogen and oxygen atoms in total. The number of rotatable bonds is 0. The Morgan fingerprint density at radius 3 is 2.53 bits per heavy atom. The van der Waals surface area contributed by atoms with E-state index in [4.69, 9.17) is 5.41 Å². The number of ketones is 1. The lowest BCUT2D eigenvalue weighted by Gasteiger charge is -2.15. The highest BCUT2D eigenvalue weighted by molar-refractivity contribution is 6.13. The summed E-state index contributed by atoms with van der Waals surface area (Å²) in [5.74, 6) is 0.0925. The maximum Gasteiger partial charge on any atom is 0.168 e. The molecule has 0 saturated heterocycles. The van der Waals surface area contributed by atoms with Crippen LogP contribution in [0.3, 0.4) is 0 Å². The molecule has 0 aliphatic heterocycles. The third kappa shape index (κ3) is 2.52. The maximum absolute atomic E-state index is 11.5. The van der Waals surface area contributed by atoms with Crippen LogP contribution in [0.15, 0.2) is 18.2 Å². The van der Waals surface area contributed by atoms with Gasteiger partial charge in [-0.25, -0.2) is 0 Å². The second-order valence-corrected chi connectivity index (χ2v) is 3.54. The van der Waals surface area contributed by atoms with Crippen molar-refractivity contribution in [1.82, 2.24) is 0 Å². The van der Waals surface area contributed by atoms with E-state index in [2.05, 4.69) is 0 Å². The van der Waals surface area contributed by atoms with Crippen LogP contribution in [-0.2, 0) is 6.42 Å². The van der Waals surface area contributed by atoms with E-state index in [0.29, 0.717) is 18.6 Å². The molecular weight excluding hydrogens is 186 g/mol. The topological polar surface area (TPSA) is 40.9 Å². The molecule has 0 aromatic heterocycles. The Hall–Kier alpha value is -1.44. The average Bonchev–Trinajstić information content (AvgIpc) is 2.22. The third-order valence-corrected chi connectivity index (χ3v) is 2.34. The van der Waals surface area contributed by atoms with Gasteiger partial charge in [0.15, 0.2) is 5.78 Å². The number of carbonyl (C=O) groups is 1. The lowest BCUT2D eigenvalue weighted by Crippen LogP contribution is -2.19. The molecular formula is C13H17NO. The van der Waals surface area contributed by atoms with Gasteiger partial charge in [-0.2, -0.15) is 0 Å². The second kappa shape index (κ2) is 4.87. The van der Waals surface area contributed by atoms with Gasteiger partial charge >= 0.3 is 0 Å². The zero-order valence-corrected chi connectivity index (χ0v) is 9.55. The normalized spacial score (nSPS) is 14.1. The molecule has 1 N–H and O–H groups in total. The molecule has 1 aliphatic carbocycles. The Morgan fingerprint density at radius 2 is 1.87 bits per heavy atom. The van der Waals surface area contributed by atoms with Crippen molar-refractivity contribution in [3.63, 3.8) is 0 Å². The first kappa shape index (κ1) is 11.6. The van der Waals surface area contributed by atoms with Crippen LogP contribution in [0.2, 0.25) is 0 Å². The van der Waals surface area contributed by atoms with E-state index in [-0.39, 0.29) is 5.78 Å². The van der Waals surface area contributed by atoms with Crippen LogP contribution in [-0.4, -0.2) is 11.5 Å². The summed E-state index contributed by atoms with van der Waals surface area (Å²) in [5, 5.41) is 7.48. The fourth-order valence-corrected chi connectivity index (χ4v) is 1.69. The van der Waals surface area contributed by atoms with Gasteiger partial charge in [-0.1, -0.05) is 31.5 Å². The molecule has 0 amide bonds. The molecule has 0 unspecified atom stereocenters. The Bertz CT molecular complexity index is 394. The number of hydrogen-bond acceptors (Lipinski definition) is 2. The lowest BCUT2D eigenvalue weighted by molar-refractivity contribution is 0.0996. The van der Waals surface area contributed by atoms with Crippen LogP contribution >= 0.6 is 0 Å². The van der Waals surface area contributed by atoms with E-state index in [1.54, 1.807) is 0 Å². The first-order chi connectivity index (χ1) is 7.16. The van der Waals surface area contributed by atoms with Gasteiger partial charge in [0.1, 0.15) is 0 Å². The summed E-state index contributed by atoms with van der Waals surface area (Å²) < 4.78 is 0. The van der Waals surface area contributed by atoms with E-state index in [0.717, 1.165) is 16.7 Å². The van der Waals surface area contributed by atoms with Crippen molar-refractivity contribution in [1.29, 1.82) is 5.41 Å². The van der Waals surface area contributed by atoms with Gasteiger partial charge in [-0.05, 0) is 18.6 Å². The molecule has 15 heavy (non-hydrogen) atoms. The maximum atomic E-state index is 11.5. The molecule has 0 radical (unpaired) electrons. The molecule has 2 rings (SSSR count). The van der Waals surface area contributed by atoms with Crippen LogP contribution < -0.4 is 0 Å². The first-order valence-electron chi connectivity index (χ1n) is 5.36. The monoisotopic (exact) mass is 203 g/mol.